The molecule has 136 valence electrons. The Morgan fingerprint density at radius 2 is 1.88 bits per heavy atom. The van der Waals surface area contributed by atoms with Crippen LogP contribution in [0.4, 0.5) is 9.59 Å². The maximum atomic E-state index is 12.1. The van der Waals surface area contributed by atoms with Gasteiger partial charge in [-0.25, -0.2) is 19.1 Å². The number of carbonyl (C=O) groups is 2. The number of urea groups is 2. The Balaban J connectivity index is 1.82. The molecule has 6 N–H and O–H groups in total. The van der Waals surface area contributed by atoms with Crippen LogP contribution in [0.3, 0.4) is 0 Å². The Hall–Kier alpha value is -2.06. The number of aliphatic imine (C=N–C) groups is 3. The number of carbonyl (C=O) groups excluding carboxylic acids is 2. The van der Waals surface area contributed by atoms with Crippen LogP contribution >= 0.6 is 7.82 Å². The van der Waals surface area contributed by atoms with Gasteiger partial charge in [0.2, 0.25) is 0 Å². The van der Waals surface area contributed by atoms with Crippen molar-refractivity contribution in [3.8, 4) is 0 Å². The summed E-state index contributed by atoms with van der Waals surface area (Å²) in [6.45, 7) is -0.760. The number of fused-ring (bicyclic) bond motifs is 1. The molecule has 14 nitrogen and oxygen atoms in total. The van der Waals surface area contributed by atoms with Crippen molar-refractivity contribution in [2.45, 2.75) is 24.5 Å². The van der Waals surface area contributed by atoms with Crippen molar-refractivity contribution in [3.05, 3.63) is 0 Å². The summed E-state index contributed by atoms with van der Waals surface area (Å²) < 4.78 is 20.2. The fourth-order valence-corrected chi connectivity index (χ4v) is 2.78. The number of phosphoric acid groups is 1. The summed E-state index contributed by atoms with van der Waals surface area (Å²) in [7, 11) is -4.84. The Bertz CT molecular complexity index is 773. The minimum atomic E-state index is -4.84. The standard InChI is InChI=1S/C10H12N5O9P/c11-6-3-7(14-9(18)13-6)15(10(19)12-3)8-5(17)4(16)2(24-8)1-23-25(20,21)22/h2,4-5,8,16-17H,1H2,(H2,11,13,18)(H2,20,21,22)/t2-,4-,5-,8-/m1/s1. The van der Waals surface area contributed by atoms with E-state index in [4.69, 9.17) is 20.3 Å². The van der Waals surface area contributed by atoms with Crippen LogP contribution in [-0.4, -0.2) is 85.5 Å². The second-order valence-corrected chi connectivity index (χ2v) is 6.40. The third-order valence-corrected chi connectivity index (χ3v) is 4.00. The maximum Gasteiger partial charge on any atom is 0.469 e. The van der Waals surface area contributed by atoms with Crippen LogP contribution in [0.2, 0.25) is 0 Å². The first kappa shape index (κ1) is 17.8. The molecule has 25 heavy (non-hydrogen) atoms. The summed E-state index contributed by atoms with van der Waals surface area (Å²) in [5.41, 5.74) is 5.31. The topological polar surface area (TPSA) is 217 Å². The number of amides is 4. The minimum Gasteiger partial charge on any atom is -0.387 e. The normalized spacial score (nSPS) is 32.5. The number of rotatable bonds is 4. The van der Waals surface area contributed by atoms with E-state index in [1.807, 2.05) is 0 Å². The van der Waals surface area contributed by atoms with Crippen molar-refractivity contribution in [2.24, 2.45) is 20.7 Å². The third-order valence-electron chi connectivity index (χ3n) is 3.51. The average molecular weight is 377 g/mol. The first-order valence-electron chi connectivity index (χ1n) is 6.69. The molecule has 0 radical (unpaired) electrons. The zero-order valence-electron chi connectivity index (χ0n) is 12.2. The molecule has 0 aromatic rings. The molecule has 3 aliphatic heterocycles. The number of nitrogens with zero attached hydrogens (tertiary/aromatic N) is 4. The molecule has 0 bridgehead atoms. The zero-order chi connectivity index (χ0) is 18.5. The number of amidine groups is 2. The molecule has 0 aromatic carbocycles. The summed E-state index contributed by atoms with van der Waals surface area (Å²) in [6, 6.07) is -1.98. The van der Waals surface area contributed by atoms with Gasteiger partial charge in [0.25, 0.3) is 0 Å². The first-order chi connectivity index (χ1) is 11.6. The van der Waals surface area contributed by atoms with Crippen LogP contribution < -0.4 is 5.73 Å². The monoisotopic (exact) mass is 377 g/mol. The third kappa shape index (κ3) is 3.23. The number of hydrogen-bond acceptors (Lipinski definition) is 8. The SMILES string of the molecule is NC1=NC(=O)N=C2C1=NC(=O)N2[C@@H]1O[C@H](COP(=O)(O)O)[C@@H](O)[C@H]1O. The predicted octanol–water partition coefficient (Wildman–Crippen LogP) is -2.69. The molecule has 0 spiro atoms. The summed E-state index contributed by atoms with van der Waals surface area (Å²) in [5, 5.41) is 20.0. The van der Waals surface area contributed by atoms with Crippen molar-refractivity contribution in [1.82, 2.24) is 4.90 Å². The molecule has 0 aromatic heterocycles. The molecule has 1 saturated heterocycles. The van der Waals surface area contributed by atoms with Gasteiger partial charge in [-0.05, 0) is 0 Å². The van der Waals surface area contributed by atoms with E-state index in [1.54, 1.807) is 0 Å². The van der Waals surface area contributed by atoms with Gasteiger partial charge in [0, 0.05) is 0 Å². The number of phosphoric ester groups is 1. The molecule has 0 aliphatic carbocycles. The molecule has 15 heteroatoms. The maximum absolute atomic E-state index is 12.1. The quantitative estimate of drug-likeness (QED) is 0.319. The Morgan fingerprint density at radius 1 is 1.20 bits per heavy atom. The van der Waals surface area contributed by atoms with E-state index in [1.165, 1.54) is 0 Å². The second kappa shape index (κ2) is 6.03. The highest BCUT2D eigenvalue weighted by Gasteiger charge is 2.52. The molecule has 0 unspecified atom stereocenters. The first-order valence-corrected chi connectivity index (χ1v) is 8.22. The smallest absolute Gasteiger partial charge is 0.387 e. The largest absolute Gasteiger partial charge is 0.469 e. The van der Waals surface area contributed by atoms with Gasteiger partial charge in [-0.3, -0.25) is 4.52 Å². The minimum absolute atomic E-state index is 0.190. The van der Waals surface area contributed by atoms with E-state index in [-0.39, 0.29) is 17.4 Å². The van der Waals surface area contributed by atoms with E-state index in [2.05, 4.69) is 19.5 Å². The lowest BCUT2D eigenvalue weighted by Gasteiger charge is -2.26. The number of nitrogens with two attached hydrogens (primary N) is 1. The molecule has 3 rings (SSSR count). The van der Waals surface area contributed by atoms with Crippen molar-refractivity contribution in [1.29, 1.82) is 0 Å². The van der Waals surface area contributed by atoms with Crippen LogP contribution in [0.5, 0.6) is 0 Å². The molecular formula is C10H12N5O9P. The van der Waals surface area contributed by atoms with Crippen LogP contribution in [0, 0.1) is 0 Å². The van der Waals surface area contributed by atoms with E-state index < -0.39 is 51.0 Å². The molecule has 1 fully saturated rings. The van der Waals surface area contributed by atoms with Crippen molar-refractivity contribution >= 4 is 37.3 Å². The highest BCUT2D eigenvalue weighted by atomic mass is 31.2. The van der Waals surface area contributed by atoms with Crippen LogP contribution in [0.25, 0.3) is 0 Å². The lowest BCUT2D eigenvalue weighted by molar-refractivity contribution is -0.0557. The Labute approximate surface area is 138 Å². The number of aliphatic hydroxyl groups excluding tert-OH is 2. The molecule has 4 amide bonds. The van der Waals surface area contributed by atoms with E-state index in [9.17, 15) is 24.4 Å². The van der Waals surface area contributed by atoms with Gasteiger partial charge < -0.3 is 30.5 Å². The van der Waals surface area contributed by atoms with Gasteiger partial charge in [0.05, 0.1) is 6.61 Å². The zero-order valence-corrected chi connectivity index (χ0v) is 13.1. The molecule has 0 saturated carbocycles. The number of hydrogen-bond donors (Lipinski definition) is 5. The van der Waals surface area contributed by atoms with Gasteiger partial charge >= 0.3 is 19.9 Å². The van der Waals surface area contributed by atoms with Crippen molar-refractivity contribution in [2.75, 3.05) is 6.61 Å². The number of aliphatic hydroxyl groups is 2. The van der Waals surface area contributed by atoms with E-state index >= 15 is 0 Å². The summed E-state index contributed by atoms with van der Waals surface area (Å²) >= 11 is 0. The van der Waals surface area contributed by atoms with Gasteiger partial charge in [-0.1, -0.05) is 0 Å². The fourth-order valence-electron chi connectivity index (χ4n) is 2.43. The van der Waals surface area contributed by atoms with Gasteiger partial charge in [-0.15, -0.1) is 0 Å². The Kier molecular flexibility index (Phi) is 4.28. The molecular weight excluding hydrogens is 365 g/mol. The van der Waals surface area contributed by atoms with Gasteiger partial charge in [-0.2, -0.15) is 15.0 Å². The highest BCUT2D eigenvalue weighted by molar-refractivity contribution is 7.46. The van der Waals surface area contributed by atoms with Crippen molar-refractivity contribution in [3.63, 3.8) is 0 Å². The summed E-state index contributed by atoms with van der Waals surface area (Å²) in [4.78, 5) is 51.9. The lowest BCUT2D eigenvalue weighted by atomic mass is 10.1. The summed E-state index contributed by atoms with van der Waals surface area (Å²) in [6.07, 6.45) is -6.23. The van der Waals surface area contributed by atoms with Crippen LogP contribution in [-0.2, 0) is 13.8 Å². The number of ether oxygens (including phenoxy) is 1. The van der Waals surface area contributed by atoms with Gasteiger partial charge in [0.1, 0.15) is 18.3 Å². The molecule has 4 atom stereocenters. The molecule has 3 aliphatic rings. The highest BCUT2D eigenvalue weighted by Crippen LogP contribution is 2.37. The van der Waals surface area contributed by atoms with Crippen molar-refractivity contribution < 1.29 is 43.4 Å². The lowest BCUT2D eigenvalue weighted by Crippen LogP contribution is -2.50. The van der Waals surface area contributed by atoms with Gasteiger partial charge in [0.15, 0.2) is 23.6 Å². The van der Waals surface area contributed by atoms with E-state index in [0.717, 1.165) is 0 Å². The summed E-state index contributed by atoms with van der Waals surface area (Å²) in [5.74, 6) is -0.657. The Morgan fingerprint density at radius 3 is 2.52 bits per heavy atom. The van der Waals surface area contributed by atoms with E-state index in [0.29, 0.717) is 4.90 Å². The average Bonchev–Trinajstić information content (AvgIpc) is 2.95. The fraction of sp³-hybridized carbons (Fsp3) is 0.500. The molecule has 3 heterocycles. The predicted molar refractivity (Wildman–Crippen MR) is 77.8 cm³/mol. The van der Waals surface area contributed by atoms with Crippen LogP contribution in [0.15, 0.2) is 15.0 Å². The second-order valence-electron chi connectivity index (χ2n) is 5.16. The van der Waals surface area contributed by atoms with Crippen LogP contribution in [0.1, 0.15) is 0 Å².